The fourth-order valence-corrected chi connectivity index (χ4v) is 4.06. The molecule has 34 heavy (non-hydrogen) atoms. The summed E-state index contributed by atoms with van der Waals surface area (Å²) in [7, 11) is 0. The Hall–Kier alpha value is -4.12. The number of benzene rings is 4. The summed E-state index contributed by atoms with van der Waals surface area (Å²) in [5.41, 5.74) is 6.77. The van der Waals surface area contributed by atoms with Crippen LogP contribution < -0.4 is 9.64 Å². The molecule has 0 spiro atoms. The highest BCUT2D eigenvalue weighted by molar-refractivity contribution is 5.85. The summed E-state index contributed by atoms with van der Waals surface area (Å²) < 4.78 is 6.32. The summed E-state index contributed by atoms with van der Waals surface area (Å²) in [6.07, 6.45) is 0. The highest BCUT2D eigenvalue weighted by Gasteiger charge is 2.23. The van der Waals surface area contributed by atoms with Gasteiger partial charge in [0.1, 0.15) is 23.0 Å². The topological polar surface area (TPSA) is 73.2 Å². The van der Waals surface area contributed by atoms with Gasteiger partial charge in [0.05, 0.1) is 17.1 Å². The van der Waals surface area contributed by atoms with Crippen molar-refractivity contribution >= 4 is 17.1 Å². The summed E-state index contributed by atoms with van der Waals surface area (Å²) in [5.74, 6) is 1.57. The van der Waals surface area contributed by atoms with Gasteiger partial charge in [0, 0.05) is 17.7 Å². The molecule has 0 saturated heterocycles. The first-order valence-corrected chi connectivity index (χ1v) is 11.1. The molecular formula is C29H29NO4. The second-order valence-electron chi connectivity index (χ2n) is 8.62. The number of phenols is 3. The summed E-state index contributed by atoms with van der Waals surface area (Å²) >= 11 is 0. The molecule has 0 aliphatic heterocycles. The second kappa shape index (κ2) is 9.02. The van der Waals surface area contributed by atoms with Crippen LogP contribution in [0.25, 0.3) is 0 Å². The van der Waals surface area contributed by atoms with Crippen LogP contribution in [-0.2, 0) is 0 Å². The SMILES string of the molecule is Cc1cc(O)cc(N(c2ccccc2Oc2cccc(O)c2C)c2cc(O)cc(C)c2C)c1C. The number of hydrogen-bond acceptors (Lipinski definition) is 5. The lowest BCUT2D eigenvalue weighted by atomic mass is 10.0. The second-order valence-corrected chi connectivity index (χ2v) is 8.62. The molecule has 0 unspecified atom stereocenters. The van der Waals surface area contributed by atoms with Crippen LogP contribution in [0, 0.1) is 34.6 Å². The minimum Gasteiger partial charge on any atom is -0.508 e. The minimum absolute atomic E-state index is 0.153. The number of ether oxygens (including phenoxy) is 1. The van der Waals surface area contributed by atoms with Crippen molar-refractivity contribution in [1.82, 2.24) is 0 Å². The quantitative estimate of drug-likeness (QED) is 0.289. The molecule has 5 heteroatoms. The van der Waals surface area contributed by atoms with Gasteiger partial charge in [-0.25, -0.2) is 0 Å². The van der Waals surface area contributed by atoms with Gasteiger partial charge in [-0.2, -0.15) is 0 Å². The number of nitrogens with zero attached hydrogens (tertiary/aromatic N) is 1. The summed E-state index contributed by atoms with van der Waals surface area (Å²) in [6.45, 7) is 9.72. The van der Waals surface area contributed by atoms with Crippen molar-refractivity contribution in [1.29, 1.82) is 0 Å². The van der Waals surface area contributed by atoms with Crippen molar-refractivity contribution < 1.29 is 20.1 Å². The smallest absolute Gasteiger partial charge is 0.151 e. The Kier molecular flexibility index (Phi) is 6.12. The third-order valence-electron chi connectivity index (χ3n) is 6.31. The maximum Gasteiger partial charge on any atom is 0.151 e. The Morgan fingerprint density at radius 2 is 1.09 bits per heavy atom. The van der Waals surface area contributed by atoms with Crippen LogP contribution in [0.1, 0.15) is 27.8 Å². The Morgan fingerprint density at radius 3 is 1.68 bits per heavy atom. The molecule has 0 radical (unpaired) electrons. The van der Waals surface area contributed by atoms with Crippen LogP contribution in [0.2, 0.25) is 0 Å². The van der Waals surface area contributed by atoms with Gasteiger partial charge in [-0.15, -0.1) is 0 Å². The lowest BCUT2D eigenvalue weighted by Crippen LogP contribution is -2.14. The first kappa shape index (κ1) is 23.1. The zero-order chi connectivity index (χ0) is 24.6. The number of aromatic hydroxyl groups is 3. The highest BCUT2D eigenvalue weighted by Crippen LogP contribution is 2.47. The van der Waals surface area contributed by atoms with Gasteiger partial charge in [-0.1, -0.05) is 18.2 Å². The van der Waals surface area contributed by atoms with Crippen LogP contribution in [-0.4, -0.2) is 15.3 Å². The van der Waals surface area contributed by atoms with Crippen molar-refractivity contribution in [2.24, 2.45) is 0 Å². The van der Waals surface area contributed by atoms with Crippen LogP contribution in [0.5, 0.6) is 28.7 Å². The van der Waals surface area contributed by atoms with E-state index >= 15 is 0 Å². The van der Waals surface area contributed by atoms with Gasteiger partial charge < -0.3 is 25.0 Å². The highest BCUT2D eigenvalue weighted by atomic mass is 16.5. The molecule has 0 amide bonds. The van der Waals surface area contributed by atoms with E-state index in [1.165, 1.54) is 0 Å². The molecule has 3 N–H and O–H groups in total. The zero-order valence-electron chi connectivity index (χ0n) is 20.0. The maximum atomic E-state index is 10.5. The van der Waals surface area contributed by atoms with E-state index < -0.39 is 0 Å². The van der Waals surface area contributed by atoms with Crippen molar-refractivity contribution in [3.63, 3.8) is 0 Å². The molecule has 0 saturated carbocycles. The van der Waals surface area contributed by atoms with E-state index in [1.54, 1.807) is 43.3 Å². The zero-order valence-corrected chi connectivity index (χ0v) is 20.0. The van der Waals surface area contributed by atoms with E-state index in [4.69, 9.17) is 4.74 Å². The van der Waals surface area contributed by atoms with Crippen molar-refractivity contribution in [2.45, 2.75) is 34.6 Å². The molecule has 5 nitrogen and oxygen atoms in total. The van der Waals surface area contributed by atoms with Gasteiger partial charge in [0.25, 0.3) is 0 Å². The van der Waals surface area contributed by atoms with Crippen LogP contribution in [0.4, 0.5) is 17.1 Å². The summed E-state index contributed by atoms with van der Waals surface area (Å²) in [6, 6.07) is 19.7. The van der Waals surface area contributed by atoms with Crippen molar-refractivity contribution in [2.75, 3.05) is 4.90 Å². The lowest BCUT2D eigenvalue weighted by molar-refractivity contribution is 0.448. The fraction of sp³-hybridized carbons (Fsp3) is 0.172. The molecule has 4 aromatic carbocycles. The Morgan fingerprint density at radius 1 is 0.559 bits per heavy atom. The number of rotatable bonds is 5. The number of phenolic OH excluding ortho intramolecular Hbond substituents is 3. The van der Waals surface area contributed by atoms with E-state index in [0.717, 1.165) is 39.3 Å². The van der Waals surface area contributed by atoms with E-state index in [9.17, 15) is 15.3 Å². The third-order valence-corrected chi connectivity index (χ3v) is 6.31. The number of para-hydroxylation sites is 2. The van der Waals surface area contributed by atoms with E-state index in [2.05, 4.69) is 0 Å². The minimum atomic E-state index is 0.153. The molecule has 0 fully saturated rings. The van der Waals surface area contributed by atoms with Gasteiger partial charge in [-0.3, -0.25) is 0 Å². The molecule has 0 bridgehead atoms. The normalized spacial score (nSPS) is 10.9. The summed E-state index contributed by atoms with van der Waals surface area (Å²) in [4.78, 5) is 2.00. The van der Waals surface area contributed by atoms with Gasteiger partial charge in [0.2, 0.25) is 0 Å². The molecule has 0 heterocycles. The van der Waals surface area contributed by atoms with Gasteiger partial charge in [-0.05, 0) is 93.3 Å². The van der Waals surface area contributed by atoms with Crippen LogP contribution >= 0.6 is 0 Å². The van der Waals surface area contributed by atoms with Crippen LogP contribution in [0.15, 0.2) is 66.7 Å². The average molecular weight is 456 g/mol. The summed E-state index contributed by atoms with van der Waals surface area (Å²) in [5, 5.41) is 31.1. The first-order valence-electron chi connectivity index (χ1n) is 11.1. The molecule has 0 aliphatic rings. The molecule has 4 rings (SSSR count). The predicted molar refractivity (Wildman–Crippen MR) is 136 cm³/mol. The molecule has 4 aromatic rings. The average Bonchev–Trinajstić information content (AvgIpc) is 2.79. The third kappa shape index (κ3) is 4.25. The molecule has 0 aromatic heterocycles. The lowest BCUT2D eigenvalue weighted by Gasteiger charge is -2.31. The molecule has 0 aliphatic carbocycles. The van der Waals surface area contributed by atoms with Crippen molar-refractivity contribution in [3.8, 4) is 28.7 Å². The van der Waals surface area contributed by atoms with Crippen molar-refractivity contribution in [3.05, 3.63) is 94.5 Å². The monoisotopic (exact) mass is 455 g/mol. The van der Waals surface area contributed by atoms with Gasteiger partial charge in [0.15, 0.2) is 5.75 Å². The Balaban J connectivity index is 2.00. The molecular weight excluding hydrogens is 426 g/mol. The predicted octanol–water partition coefficient (Wildman–Crippen LogP) is 7.61. The molecule has 0 atom stereocenters. The standard InChI is InChI=1S/C29H29NO4/c1-17-13-22(31)15-25(19(17)3)30(26-16-23(32)14-18(2)20(26)4)24-9-6-7-11-29(24)34-28-12-8-10-27(33)21(28)5/h6-16,31-33H,1-5H3. The number of aryl methyl sites for hydroxylation is 2. The number of hydrogen-bond donors (Lipinski definition) is 3. The number of anilines is 3. The Bertz CT molecular complexity index is 1320. The Labute approximate surface area is 200 Å². The first-order chi connectivity index (χ1) is 16.2. The van der Waals surface area contributed by atoms with Gasteiger partial charge >= 0.3 is 0 Å². The molecule has 174 valence electrons. The fourth-order valence-electron chi connectivity index (χ4n) is 4.06. The van der Waals surface area contributed by atoms with E-state index in [0.29, 0.717) is 17.1 Å². The maximum absolute atomic E-state index is 10.5. The largest absolute Gasteiger partial charge is 0.508 e. The van der Waals surface area contributed by atoms with E-state index in [1.807, 2.05) is 62.9 Å². The van der Waals surface area contributed by atoms with E-state index in [-0.39, 0.29) is 17.2 Å². The van der Waals surface area contributed by atoms with Crippen LogP contribution in [0.3, 0.4) is 0 Å².